The van der Waals surface area contributed by atoms with E-state index in [4.69, 9.17) is 9.15 Å². The molecule has 0 N–H and O–H groups in total. The number of ether oxygens (including phenoxy) is 1. The number of halogens is 3. The predicted octanol–water partition coefficient (Wildman–Crippen LogP) is 6.36. The van der Waals surface area contributed by atoms with Gasteiger partial charge in [-0.25, -0.2) is 19.5 Å². The number of fused-ring (bicyclic) bond motifs is 5. The Morgan fingerprint density at radius 2 is 1.94 bits per heavy atom. The zero-order valence-electron chi connectivity index (χ0n) is 18.4. The maximum atomic E-state index is 12.9. The van der Waals surface area contributed by atoms with Gasteiger partial charge in [0, 0.05) is 11.1 Å². The summed E-state index contributed by atoms with van der Waals surface area (Å²) in [6.45, 7) is 3.96. The maximum Gasteiger partial charge on any atom is 0.416 e. The van der Waals surface area contributed by atoms with E-state index in [2.05, 4.69) is 20.1 Å². The largest absolute Gasteiger partial charge is 0.486 e. The number of thiophene rings is 1. The van der Waals surface area contributed by atoms with Crippen molar-refractivity contribution in [1.82, 2.24) is 24.6 Å². The normalized spacial score (nSPS) is 12.3. The van der Waals surface area contributed by atoms with Crippen molar-refractivity contribution < 1.29 is 22.3 Å². The lowest BCUT2D eigenvalue weighted by Gasteiger charge is -2.09. The van der Waals surface area contributed by atoms with Crippen LogP contribution in [0.3, 0.4) is 0 Å². The number of hydrogen-bond acceptors (Lipinski definition) is 7. The van der Waals surface area contributed by atoms with Crippen LogP contribution in [0.4, 0.5) is 13.2 Å². The summed E-state index contributed by atoms with van der Waals surface area (Å²) in [6, 6.07) is 10.1. The molecule has 5 heterocycles. The number of furan rings is 1. The first-order chi connectivity index (χ1) is 16.8. The Kier molecular flexibility index (Phi) is 4.78. The van der Waals surface area contributed by atoms with Crippen molar-refractivity contribution in [3.63, 3.8) is 0 Å². The van der Waals surface area contributed by atoms with Crippen molar-refractivity contribution in [1.29, 1.82) is 0 Å². The van der Waals surface area contributed by atoms with Gasteiger partial charge in [0.25, 0.3) is 0 Å². The molecular weight excluding hydrogens is 479 g/mol. The Bertz CT molecular complexity index is 1730. The lowest BCUT2D eigenvalue weighted by atomic mass is 10.1. The van der Waals surface area contributed by atoms with E-state index in [0.29, 0.717) is 23.0 Å². The summed E-state index contributed by atoms with van der Waals surface area (Å²) in [5.41, 5.74) is 2.74. The molecule has 0 aliphatic rings. The molecule has 7 nitrogen and oxygen atoms in total. The number of aromatic nitrogens is 5. The van der Waals surface area contributed by atoms with Gasteiger partial charge in [0.1, 0.15) is 34.0 Å². The second-order valence-corrected chi connectivity index (χ2v) is 9.07. The van der Waals surface area contributed by atoms with Gasteiger partial charge in [-0.05, 0) is 55.8 Å². The third-order valence-corrected chi connectivity index (χ3v) is 6.59. The molecule has 0 radical (unpaired) electrons. The van der Waals surface area contributed by atoms with Crippen molar-refractivity contribution in [3.8, 4) is 17.3 Å². The van der Waals surface area contributed by atoms with E-state index in [1.54, 1.807) is 23.0 Å². The molecule has 0 amide bonds. The minimum absolute atomic E-state index is 0.0406. The van der Waals surface area contributed by atoms with Crippen LogP contribution in [0.25, 0.3) is 37.7 Å². The van der Waals surface area contributed by atoms with Gasteiger partial charge in [0.2, 0.25) is 5.82 Å². The molecule has 0 saturated carbocycles. The summed E-state index contributed by atoms with van der Waals surface area (Å²) < 4.78 is 52.5. The van der Waals surface area contributed by atoms with Crippen molar-refractivity contribution in [2.45, 2.75) is 26.6 Å². The van der Waals surface area contributed by atoms with E-state index in [0.717, 1.165) is 43.8 Å². The van der Waals surface area contributed by atoms with Crippen molar-refractivity contribution in [2.75, 3.05) is 0 Å². The standard InChI is InChI=1S/C24H16F3N5O2S/c1-12-8-13(2)29-23-18(12)19-20(35-23)22-30-21(31-32(22)11-28-19)17-7-6-16(34-17)10-33-15-5-3-4-14(9-15)24(25,26)27/h3-9,11H,10H2,1-2H3. The second-order valence-electron chi connectivity index (χ2n) is 8.07. The second kappa shape index (κ2) is 7.77. The van der Waals surface area contributed by atoms with Crippen LogP contribution in [-0.4, -0.2) is 24.6 Å². The molecule has 0 unspecified atom stereocenters. The SMILES string of the molecule is Cc1cc(C)c2c(n1)sc1c2ncn2nc(-c3ccc(COc4cccc(C(F)(F)F)c4)o3)nc12. The molecule has 0 aliphatic heterocycles. The Hall–Kier alpha value is -3.99. The van der Waals surface area contributed by atoms with E-state index in [1.807, 2.05) is 19.9 Å². The smallest absolute Gasteiger partial charge is 0.416 e. The Morgan fingerprint density at radius 1 is 1.09 bits per heavy atom. The maximum absolute atomic E-state index is 12.9. The lowest BCUT2D eigenvalue weighted by molar-refractivity contribution is -0.137. The van der Waals surface area contributed by atoms with Gasteiger partial charge in [-0.3, -0.25) is 0 Å². The number of aryl methyl sites for hydroxylation is 2. The van der Waals surface area contributed by atoms with Crippen LogP contribution in [0, 0.1) is 13.8 Å². The zero-order valence-corrected chi connectivity index (χ0v) is 19.2. The fourth-order valence-corrected chi connectivity index (χ4v) is 5.19. The van der Waals surface area contributed by atoms with Crippen LogP contribution in [0.1, 0.15) is 22.6 Å². The average Bonchev–Trinajstić information content (AvgIpc) is 3.52. The highest BCUT2D eigenvalue weighted by atomic mass is 32.1. The minimum atomic E-state index is -4.44. The molecule has 0 atom stereocenters. The first kappa shape index (κ1) is 21.5. The van der Waals surface area contributed by atoms with Crippen LogP contribution in [0.15, 0.2) is 53.2 Å². The molecule has 6 aromatic rings. The first-order valence-electron chi connectivity index (χ1n) is 10.6. The summed E-state index contributed by atoms with van der Waals surface area (Å²) in [4.78, 5) is 14.8. The van der Waals surface area contributed by atoms with Gasteiger partial charge in [-0.1, -0.05) is 6.07 Å². The fourth-order valence-electron chi connectivity index (χ4n) is 3.97. The highest BCUT2D eigenvalue weighted by Gasteiger charge is 2.30. The highest BCUT2D eigenvalue weighted by molar-refractivity contribution is 7.26. The number of rotatable bonds is 4. The van der Waals surface area contributed by atoms with Crippen LogP contribution < -0.4 is 4.74 Å². The van der Waals surface area contributed by atoms with Gasteiger partial charge in [0.15, 0.2) is 11.4 Å². The van der Waals surface area contributed by atoms with Gasteiger partial charge in [-0.2, -0.15) is 13.2 Å². The predicted molar refractivity (Wildman–Crippen MR) is 124 cm³/mol. The van der Waals surface area contributed by atoms with E-state index in [1.165, 1.54) is 23.5 Å². The Labute approximate surface area is 199 Å². The van der Waals surface area contributed by atoms with Crippen molar-refractivity contribution in [2.24, 2.45) is 0 Å². The van der Waals surface area contributed by atoms with E-state index in [-0.39, 0.29) is 12.4 Å². The molecule has 11 heteroatoms. The van der Waals surface area contributed by atoms with E-state index >= 15 is 0 Å². The summed E-state index contributed by atoms with van der Waals surface area (Å²) in [5.74, 6) is 1.30. The van der Waals surface area contributed by atoms with Crippen molar-refractivity contribution >= 4 is 37.4 Å². The number of nitrogens with zero attached hydrogens (tertiary/aromatic N) is 5. The third-order valence-electron chi connectivity index (χ3n) is 5.52. The molecule has 5 aromatic heterocycles. The zero-order chi connectivity index (χ0) is 24.3. The molecule has 6 rings (SSSR count). The molecule has 35 heavy (non-hydrogen) atoms. The fraction of sp³-hybridized carbons (Fsp3) is 0.167. The summed E-state index contributed by atoms with van der Waals surface area (Å²) >= 11 is 1.51. The molecule has 0 spiro atoms. The highest BCUT2D eigenvalue weighted by Crippen LogP contribution is 2.36. The third kappa shape index (κ3) is 3.77. The summed E-state index contributed by atoms with van der Waals surface area (Å²) in [6.07, 6.45) is -2.82. The Morgan fingerprint density at radius 3 is 2.77 bits per heavy atom. The quantitative estimate of drug-likeness (QED) is 0.283. The molecule has 176 valence electrons. The number of pyridine rings is 1. The van der Waals surface area contributed by atoms with Crippen LogP contribution in [0.5, 0.6) is 5.75 Å². The topological polar surface area (TPSA) is 78.3 Å². The summed E-state index contributed by atoms with van der Waals surface area (Å²) in [5, 5.41) is 5.49. The van der Waals surface area contributed by atoms with E-state index in [9.17, 15) is 13.2 Å². The van der Waals surface area contributed by atoms with Crippen LogP contribution >= 0.6 is 11.3 Å². The average molecular weight is 495 g/mol. The minimum Gasteiger partial charge on any atom is -0.486 e. The first-order valence-corrected chi connectivity index (χ1v) is 11.4. The van der Waals surface area contributed by atoms with E-state index < -0.39 is 11.7 Å². The molecular formula is C24H16F3N5O2S. The van der Waals surface area contributed by atoms with Crippen LogP contribution in [0.2, 0.25) is 0 Å². The van der Waals surface area contributed by atoms with Gasteiger partial charge in [-0.15, -0.1) is 16.4 Å². The number of hydrogen-bond donors (Lipinski definition) is 0. The van der Waals surface area contributed by atoms with Gasteiger partial charge < -0.3 is 9.15 Å². The molecule has 0 saturated heterocycles. The lowest BCUT2D eigenvalue weighted by Crippen LogP contribution is -2.05. The Balaban J connectivity index is 1.30. The monoisotopic (exact) mass is 495 g/mol. The molecule has 0 bridgehead atoms. The van der Waals surface area contributed by atoms with Crippen LogP contribution in [-0.2, 0) is 12.8 Å². The van der Waals surface area contributed by atoms with Crippen molar-refractivity contribution in [3.05, 3.63) is 71.4 Å². The molecule has 0 fully saturated rings. The van der Waals surface area contributed by atoms with Gasteiger partial charge >= 0.3 is 6.18 Å². The molecule has 0 aliphatic carbocycles. The van der Waals surface area contributed by atoms with Gasteiger partial charge in [0.05, 0.1) is 11.1 Å². The number of benzene rings is 1. The number of alkyl halides is 3. The molecule has 1 aromatic carbocycles. The summed E-state index contributed by atoms with van der Waals surface area (Å²) in [7, 11) is 0.